The number of non-ortho nitro benzene ring substituents is 1. The molecule has 0 atom stereocenters. The maximum absolute atomic E-state index is 11.7. The lowest BCUT2D eigenvalue weighted by molar-refractivity contribution is -0.384. The number of benzene rings is 2. The van der Waals surface area contributed by atoms with Crippen LogP contribution in [0, 0.1) is 10.1 Å². The highest BCUT2D eigenvalue weighted by Crippen LogP contribution is 2.20. The highest BCUT2D eigenvalue weighted by Gasteiger charge is 2.09. The number of nitrogens with zero attached hydrogens (tertiary/aromatic N) is 1. The van der Waals surface area contributed by atoms with Crippen molar-refractivity contribution in [3.63, 3.8) is 0 Å². The van der Waals surface area contributed by atoms with Crippen molar-refractivity contribution in [2.45, 2.75) is 0 Å². The molecule has 1 N–H and O–H groups in total. The van der Waals surface area contributed by atoms with Crippen LogP contribution in [0.4, 0.5) is 21.0 Å². The van der Waals surface area contributed by atoms with Crippen molar-refractivity contribution in [3.8, 4) is 11.5 Å². The number of nitrogens with one attached hydrogen (secondary N) is 1. The summed E-state index contributed by atoms with van der Waals surface area (Å²) in [6, 6.07) is 10.9. The van der Waals surface area contributed by atoms with Gasteiger partial charge in [-0.3, -0.25) is 15.4 Å². The molecule has 0 spiro atoms. The van der Waals surface area contributed by atoms with E-state index in [0.717, 1.165) is 0 Å². The van der Waals surface area contributed by atoms with E-state index in [9.17, 15) is 19.7 Å². The maximum atomic E-state index is 11.7. The van der Waals surface area contributed by atoms with Crippen LogP contribution in [0.15, 0.2) is 48.5 Å². The molecule has 0 heterocycles. The minimum atomic E-state index is -1.00. The molecule has 1 amide bonds. The van der Waals surface area contributed by atoms with Gasteiger partial charge in [0.25, 0.3) is 5.69 Å². The van der Waals surface area contributed by atoms with Crippen LogP contribution in [-0.4, -0.2) is 16.4 Å². The second-order valence-corrected chi connectivity index (χ2v) is 4.44. The van der Waals surface area contributed by atoms with Crippen LogP contribution in [0.25, 0.3) is 0 Å². The van der Waals surface area contributed by atoms with Gasteiger partial charge in [0, 0.05) is 35.5 Å². The van der Waals surface area contributed by atoms with Gasteiger partial charge in [0.2, 0.25) is 0 Å². The molecule has 0 aliphatic carbocycles. The molecule has 0 aromatic heterocycles. The summed E-state index contributed by atoms with van der Waals surface area (Å²) < 4.78 is 9.63. The van der Waals surface area contributed by atoms with E-state index in [1.165, 1.54) is 42.5 Å². The minimum absolute atomic E-state index is 0.117. The standard InChI is InChI=1S/C14H9ClN2O6/c15-13(18)22-12-3-1-2-9(8-12)16-14(19)23-11-6-4-10(5-7-11)17(20)21/h1-8H,(H,16,19). The number of carbonyl (C=O) groups excluding carboxylic acids is 2. The maximum Gasteiger partial charge on any atom is 0.417 e. The molecule has 2 rings (SSSR count). The fraction of sp³-hybridized carbons (Fsp3) is 0. The monoisotopic (exact) mass is 336 g/mol. The van der Waals surface area contributed by atoms with Crippen LogP contribution in [0.2, 0.25) is 0 Å². The molecular weight excluding hydrogens is 328 g/mol. The first kappa shape index (κ1) is 16.2. The third-order valence-electron chi connectivity index (χ3n) is 2.54. The summed E-state index contributed by atoms with van der Waals surface area (Å²) in [5.74, 6) is 0.287. The molecule has 0 aliphatic heterocycles. The van der Waals surface area contributed by atoms with Crippen molar-refractivity contribution in [2.24, 2.45) is 0 Å². The third-order valence-corrected chi connectivity index (χ3v) is 2.61. The van der Waals surface area contributed by atoms with Crippen LogP contribution in [0.1, 0.15) is 0 Å². The van der Waals surface area contributed by atoms with E-state index in [0.29, 0.717) is 5.69 Å². The molecule has 23 heavy (non-hydrogen) atoms. The summed E-state index contributed by atoms with van der Waals surface area (Å²) in [5.41, 5.74) is -0.809. The van der Waals surface area contributed by atoms with Crippen molar-refractivity contribution in [1.29, 1.82) is 0 Å². The lowest BCUT2D eigenvalue weighted by Gasteiger charge is -2.07. The van der Waals surface area contributed by atoms with Crippen LogP contribution >= 0.6 is 11.6 Å². The zero-order chi connectivity index (χ0) is 16.8. The fourth-order valence-corrected chi connectivity index (χ4v) is 1.71. The Kier molecular flexibility index (Phi) is 5.11. The zero-order valence-electron chi connectivity index (χ0n) is 11.4. The number of ether oxygens (including phenoxy) is 2. The molecule has 0 aliphatic rings. The number of nitro groups is 1. The van der Waals surface area contributed by atoms with Gasteiger partial charge in [0.1, 0.15) is 11.5 Å². The largest absolute Gasteiger partial charge is 0.417 e. The Bertz CT molecular complexity index is 747. The van der Waals surface area contributed by atoms with Crippen molar-refractivity contribution in [1.82, 2.24) is 0 Å². The Morgan fingerprint density at radius 1 is 1.04 bits per heavy atom. The summed E-state index contributed by atoms with van der Waals surface area (Å²) in [4.78, 5) is 32.3. The predicted molar refractivity (Wildman–Crippen MR) is 81.1 cm³/mol. The molecule has 0 unspecified atom stereocenters. The van der Waals surface area contributed by atoms with Gasteiger partial charge in [0.15, 0.2) is 0 Å². The smallest absolute Gasteiger partial charge is 0.414 e. The molecule has 8 nitrogen and oxygen atoms in total. The first-order valence-corrected chi connectivity index (χ1v) is 6.52. The van der Waals surface area contributed by atoms with E-state index in [-0.39, 0.29) is 17.2 Å². The summed E-state index contributed by atoms with van der Waals surface area (Å²) in [7, 11) is 0. The summed E-state index contributed by atoms with van der Waals surface area (Å²) in [6.07, 6.45) is -0.812. The summed E-state index contributed by atoms with van der Waals surface area (Å²) >= 11 is 5.09. The molecule has 9 heteroatoms. The van der Waals surface area contributed by atoms with E-state index in [4.69, 9.17) is 16.3 Å². The minimum Gasteiger partial charge on any atom is -0.414 e. The molecule has 0 saturated heterocycles. The molecule has 0 fully saturated rings. The Morgan fingerprint density at radius 3 is 2.35 bits per heavy atom. The first-order chi connectivity index (χ1) is 10.9. The Labute approximate surface area is 134 Å². The van der Waals surface area contributed by atoms with Gasteiger partial charge in [-0.25, -0.2) is 9.59 Å². The number of rotatable bonds is 4. The highest BCUT2D eigenvalue weighted by molar-refractivity contribution is 6.61. The van der Waals surface area contributed by atoms with Gasteiger partial charge < -0.3 is 9.47 Å². The van der Waals surface area contributed by atoms with E-state index in [2.05, 4.69) is 10.1 Å². The molecular formula is C14H9ClN2O6. The number of halogens is 1. The number of amides is 1. The van der Waals surface area contributed by atoms with E-state index in [1.807, 2.05) is 0 Å². The normalized spacial score (nSPS) is 9.78. The molecule has 0 radical (unpaired) electrons. The second kappa shape index (κ2) is 7.23. The van der Waals surface area contributed by atoms with E-state index < -0.39 is 16.4 Å². The quantitative estimate of drug-likeness (QED) is 0.514. The van der Waals surface area contributed by atoms with Gasteiger partial charge in [-0.1, -0.05) is 6.07 Å². The van der Waals surface area contributed by atoms with Crippen LogP contribution in [-0.2, 0) is 0 Å². The van der Waals surface area contributed by atoms with E-state index >= 15 is 0 Å². The van der Waals surface area contributed by atoms with Crippen LogP contribution in [0.5, 0.6) is 11.5 Å². The van der Waals surface area contributed by atoms with Crippen molar-refractivity contribution < 1.29 is 24.0 Å². The number of anilines is 1. The average molecular weight is 337 g/mol. The third kappa shape index (κ3) is 4.97. The number of hydrogen-bond donors (Lipinski definition) is 1. The molecule has 0 saturated carbocycles. The van der Waals surface area contributed by atoms with Gasteiger partial charge in [-0.05, 0) is 24.3 Å². The lowest BCUT2D eigenvalue weighted by Crippen LogP contribution is -2.16. The van der Waals surface area contributed by atoms with E-state index in [1.54, 1.807) is 6.07 Å². The topological polar surface area (TPSA) is 108 Å². The van der Waals surface area contributed by atoms with Crippen molar-refractivity contribution >= 4 is 34.5 Å². The Balaban J connectivity index is 1.99. The number of carbonyl (C=O) groups is 2. The molecule has 118 valence electrons. The van der Waals surface area contributed by atoms with Gasteiger partial charge in [0.05, 0.1) is 4.92 Å². The number of nitro benzene ring substituents is 1. The average Bonchev–Trinajstić information content (AvgIpc) is 2.47. The SMILES string of the molecule is O=C(Cl)Oc1cccc(NC(=O)Oc2ccc([N+](=O)[O-])cc2)c1. The highest BCUT2D eigenvalue weighted by atomic mass is 35.5. The second-order valence-electron chi connectivity index (χ2n) is 4.13. The zero-order valence-corrected chi connectivity index (χ0v) is 12.1. The summed E-state index contributed by atoms with van der Waals surface area (Å²) in [5, 5.41) is 12.9. The first-order valence-electron chi connectivity index (χ1n) is 6.15. The predicted octanol–water partition coefficient (Wildman–Crippen LogP) is 3.94. The molecule has 2 aromatic carbocycles. The van der Waals surface area contributed by atoms with Gasteiger partial charge in [-0.15, -0.1) is 0 Å². The lowest BCUT2D eigenvalue weighted by atomic mass is 10.3. The van der Waals surface area contributed by atoms with Crippen molar-refractivity contribution in [2.75, 3.05) is 5.32 Å². The Morgan fingerprint density at radius 2 is 1.74 bits per heavy atom. The van der Waals surface area contributed by atoms with Crippen molar-refractivity contribution in [3.05, 3.63) is 58.6 Å². The van der Waals surface area contributed by atoms with Gasteiger partial charge in [-0.2, -0.15) is 0 Å². The molecule has 0 bridgehead atoms. The van der Waals surface area contributed by atoms with Crippen LogP contribution < -0.4 is 14.8 Å². The number of hydrogen-bond acceptors (Lipinski definition) is 6. The summed E-state index contributed by atoms with van der Waals surface area (Å²) in [6.45, 7) is 0. The fourth-order valence-electron chi connectivity index (χ4n) is 1.62. The Hall–Kier alpha value is -3.13. The molecule has 2 aromatic rings. The van der Waals surface area contributed by atoms with Gasteiger partial charge >= 0.3 is 11.5 Å². The van der Waals surface area contributed by atoms with Crippen LogP contribution in [0.3, 0.4) is 0 Å².